The summed E-state index contributed by atoms with van der Waals surface area (Å²) in [6, 6.07) is 7.96. The third-order valence-corrected chi connectivity index (χ3v) is 4.83. The van der Waals surface area contributed by atoms with Crippen molar-refractivity contribution in [2.24, 2.45) is 5.92 Å². The highest BCUT2D eigenvalue weighted by molar-refractivity contribution is 5.97. The molecule has 0 saturated carbocycles. The largest absolute Gasteiger partial charge is 0.383 e. The number of carbonyl (C=O) groups is 2. The van der Waals surface area contributed by atoms with Crippen molar-refractivity contribution < 1.29 is 14.3 Å². The Bertz CT molecular complexity index is 570. The Kier molecular flexibility index (Phi) is 6.37. The molecule has 2 amide bonds. The molecule has 1 saturated heterocycles. The van der Waals surface area contributed by atoms with Gasteiger partial charge in [0.15, 0.2) is 0 Å². The first-order valence-corrected chi connectivity index (χ1v) is 8.65. The van der Waals surface area contributed by atoms with Crippen LogP contribution in [-0.4, -0.2) is 43.0 Å². The van der Waals surface area contributed by atoms with Crippen LogP contribution in [0.3, 0.4) is 0 Å². The minimum absolute atomic E-state index is 0.00452. The fourth-order valence-electron chi connectivity index (χ4n) is 3.04. The number of nitrogens with zero attached hydrogens (tertiary/aromatic N) is 1. The number of ether oxygens (including phenoxy) is 1. The van der Waals surface area contributed by atoms with Crippen molar-refractivity contribution in [1.29, 1.82) is 0 Å². The zero-order valence-corrected chi connectivity index (χ0v) is 15.0. The van der Waals surface area contributed by atoms with Gasteiger partial charge < -0.3 is 15.0 Å². The molecule has 1 aliphatic heterocycles. The molecular formula is C19H28N2O3. The van der Waals surface area contributed by atoms with Gasteiger partial charge in [-0.2, -0.15) is 0 Å². The summed E-state index contributed by atoms with van der Waals surface area (Å²) in [7, 11) is 1.62. The van der Waals surface area contributed by atoms with Crippen molar-refractivity contribution in [2.75, 3.05) is 25.6 Å². The van der Waals surface area contributed by atoms with Crippen LogP contribution in [0.4, 0.5) is 5.69 Å². The number of methoxy groups -OCH3 is 1. The molecule has 1 heterocycles. The van der Waals surface area contributed by atoms with E-state index in [-0.39, 0.29) is 30.2 Å². The Morgan fingerprint density at radius 3 is 2.58 bits per heavy atom. The van der Waals surface area contributed by atoms with E-state index >= 15 is 0 Å². The average Bonchev–Trinajstić information content (AvgIpc) is 2.97. The molecule has 0 bridgehead atoms. The Morgan fingerprint density at radius 2 is 2.00 bits per heavy atom. The maximum absolute atomic E-state index is 12.4. The molecule has 24 heavy (non-hydrogen) atoms. The van der Waals surface area contributed by atoms with Crippen LogP contribution in [0, 0.1) is 5.92 Å². The molecule has 0 aliphatic carbocycles. The van der Waals surface area contributed by atoms with Gasteiger partial charge in [0.1, 0.15) is 0 Å². The van der Waals surface area contributed by atoms with Gasteiger partial charge in [0.25, 0.3) is 0 Å². The summed E-state index contributed by atoms with van der Waals surface area (Å²) in [6.07, 6.45) is 1.36. The number of benzene rings is 1. The van der Waals surface area contributed by atoms with Crippen molar-refractivity contribution in [1.82, 2.24) is 4.90 Å². The van der Waals surface area contributed by atoms with Gasteiger partial charge in [-0.25, -0.2) is 0 Å². The third kappa shape index (κ3) is 4.35. The lowest BCUT2D eigenvalue weighted by Gasteiger charge is -2.23. The number of carbonyl (C=O) groups excluding carboxylic acids is 2. The van der Waals surface area contributed by atoms with Crippen LogP contribution < -0.4 is 5.32 Å². The molecule has 0 aromatic heterocycles. The summed E-state index contributed by atoms with van der Waals surface area (Å²) < 4.78 is 5.10. The normalized spacial score (nSPS) is 20.1. The minimum Gasteiger partial charge on any atom is -0.383 e. The first-order valence-electron chi connectivity index (χ1n) is 8.65. The monoisotopic (exact) mass is 332 g/mol. The summed E-state index contributed by atoms with van der Waals surface area (Å²) in [4.78, 5) is 26.3. The fraction of sp³-hybridized carbons (Fsp3) is 0.579. The number of nitrogens with one attached hydrogen (secondary N) is 1. The first-order chi connectivity index (χ1) is 11.5. The fourth-order valence-corrected chi connectivity index (χ4v) is 3.04. The van der Waals surface area contributed by atoms with E-state index in [1.165, 1.54) is 5.56 Å². The van der Waals surface area contributed by atoms with Crippen LogP contribution in [0.25, 0.3) is 0 Å². The molecule has 1 aliphatic rings. The second-order valence-electron chi connectivity index (χ2n) is 6.67. The van der Waals surface area contributed by atoms with Crippen molar-refractivity contribution >= 4 is 17.5 Å². The second-order valence-corrected chi connectivity index (χ2v) is 6.67. The predicted molar refractivity (Wildman–Crippen MR) is 94.9 cm³/mol. The van der Waals surface area contributed by atoms with E-state index in [1.807, 2.05) is 19.1 Å². The lowest BCUT2D eigenvalue weighted by molar-refractivity contribution is -0.130. The molecule has 3 atom stereocenters. The van der Waals surface area contributed by atoms with Gasteiger partial charge in [0.05, 0.1) is 18.6 Å². The van der Waals surface area contributed by atoms with Crippen LogP contribution in [0.5, 0.6) is 0 Å². The Morgan fingerprint density at radius 1 is 1.33 bits per heavy atom. The molecular weight excluding hydrogens is 304 g/mol. The minimum atomic E-state index is -0.300. The van der Waals surface area contributed by atoms with Crippen LogP contribution >= 0.6 is 0 Å². The highest BCUT2D eigenvalue weighted by atomic mass is 16.5. The third-order valence-electron chi connectivity index (χ3n) is 4.83. The van der Waals surface area contributed by atoms with E-state index in [4.69, 9.17) is 4.74 Å². The molecule has 1 N–H and O–H groups in total. The molecule has 0 radical (unpaired) electrons. The SMILES string of the molecule is CC[C@H](C)c1ccc(NC(=O)[C@H]2CC(=O)N([C@@H](C)COC)C2)cc1. The van der Waals surface area contributed by atoms with Crippen LogP contribution in [0.1, 0.15) is 45.1 Å². The summed E-state index contributed by atoms with van der Waals surface area (Å²) in [5.41, 5.74) is 2.05. The standard InChI is InChI=1S/C19H28N2O3/c1-5-13(2)15-6-8-17(9-7-15)20-19(23)16-10-18(22)21(11-16)14(3)12-24-4/h6-9,13-14,16H,5,10-12H2,1-4H3,(H,20,23)/t13-,14-,16-/m0/s1. The van der Waals surface area contributed by atoms with Gasteiger partial charge in [-0.05, 0) is 37.0 Å². The van der Waals surface area contributed by atoms with Crippen LogP contribution in [0.15, 0.2) is 24.3 Å². The van der Waals surface area contributed by atoms with Gasteiger partial charge in [0.2, 0.25) is 11.8 Å². The van der Waals surface area contributed by atoms with Gasteiger partial charge in [-0.1, -0.05) is 26.0 Å². The van der Waals surface area contributed by atoms with Gasteiger partial charge in [-0.3, -0.25) is 9.59 Å². The maximum Gasteiger partial charge on any atom is 0.229 e. The highest BCUT2D eigenvalue weighted by Gasteiger charge is 2.36. The first kappa shape index (κ1) is 18.5. The zero-order valence-electron chi connectivity index (χ0n) is 15.0. The molecule has 1 aromatic rings. The maximum atomic E-state index is 12.4. The average molecular weight is 332 g/mol. The summed E-state index contributed by atoms with van der Waals surface area (Å²) in [6.45, 7) is 7.23. The van der Waals surface area contributed by atoms with E-state index in [0.717, 1.165) is 12.1 Å². The number of rotatable bonds is 7. The summed E-state index contributed by atoms with van der Waals surface area (Å²) >= 11 is 0. The van der Waals surface area contributed by atoms with E-state index in [9.17, 15) is 9.59 Å². The quantitative estimate of drug-likeness (QED) is 0.835. The molecule has 2 rings (SSSR count). The van der Waals surface area contributed by atoms with Crippen LogP contribution in [0.2, 0.25) is 0 Å². The molecule has 5 heteroatoms. The molecule has 1 fully saturated rings. The summed E-state index contributed by atoms with van der Waals surface area (Å²) in [5, 5.41) is 2.93. The molecule has 132 valence electrons. The zero-order chi connectivity index (χ0) is 17.7. The van der Waals surface area contributed by atoms with E-state index in [0.29, 0.717) is 19.1 Å². The van der Waals surface area contributed by atoms with Crippen molar-refractivity contribution in [2.45, 2.75) is 45.6 Å². The number of anilines is 1. The van der Waals surface area contributed by atoms with Crippen LogP contribution in [-0.2, 0) is 14.3 Å². The smallest absolute Gasteiger partial charge is 0.229 e. The molecule has 0 spiro atoms. The predicted octanol–water partition coefficient (Wildman–Crippen LogP) is 3.02. The van der Waals surface area contributed by atoms with Gasteiger partial charge >= 0.3 is 0 Å². The van der Waals surface area contributed by atoms with E-state index < -0.39 is 0 Å². The number of amides is 2. The lowest BCUT2D eigenvalue weighted by Crippen LogP contribution is -2.38. The van der Waals surface area contributed by atoms with E-state index in [2.05, 4.69) is 31.3 Å². The van der Waals surface area contributed by atoms with E-state index in [1.54, 1.807) is 12.0 Å². The molecule has 5 nitrogen and oxygen atoms in total. The number of likely N-dealkylation sites (tertiary alicyclic amines) is 1. The van der Waals surface area contributed by atoms with Gasteiger partial charge in [-0.15, -0.1) is 0 Å². The summed E-state index contributed by atoms with van der Waals surface area (Å²) in [5.74, 6) is 0.141. The topological polar surface area (TPSA) is 58.6 Å². The van der Waals surface area contributed by atoms with Crippen molar-refractivity contribution in [3.63, 3.8) is 0 Å². The molecule has 0 unspecified atom stereocenters. The Hall–Kier alpha value is -1.88. The Labute approximate surface area is 144 Å². The van der Waals surface area contributed by atoms with Crippen molar-refractivity contribution in [3.8, 4) is 0 Å². The number of hydrogen-bond donors (Lipinski definition) is 1. The lowest BCUT2D eigenvalue weighted by atomic mass is 9.98. The second kappa shape index (κ2) is 8.29. The van der Waals surface area contributed by atoms with Gasteiger partial charge in [0, 0.05) is 25.8 Å². The Balaban J connectivity index is 1.94. The molecule has 1 aromatic carbocycles. The highest BCUT2D eigenvalue weighted by Crippen LogP contribution is 2.24. The number of hydrogen-bond acceptors (Lipinski definition) is 3. The van der Waals surface area contributed by atoms with Crippen molar-refractivity contribution in [3.05, 3.63) is 29.8 Å².